The van der Waals surface area contributed by atoms with Crippen molar-refractivity contribution in [2.75, 3.05) is 5.75 Å². The lowest BCUT2D eigenvalue weighted by Gasteiger charge is -1.87. The maximum absolute atomic E-state index is 10.5. The fraction of sp³-hybridized carbons (Fsp3) is 0.200. The van der Waals surface area contributed by atoms with E-state index in [4.69, 9.17) is 0 Å². The summed E-state index contributed by atoms with van der Waals surface area (Å²) in [7, 11) is 0. The van der Waals surface area contributed by atoms with Gasteiger partial charge in [0.1, 0.15) is 0 Å². The maximum atomic E-state index is 10.5. The van der Waals surface area contributed by atoms with Gasteiger partial charge in [-0.25, -0.2) is 9.59 Å². The van der Waals surface area contributed by atoms with Gasteiger partial charge in [-0.2, -0.15) is 12.6 Å². The highest BCUT2D eigenvalue weighted by Gasteiger charge is 2.21. The Hall–Kier alpha value is -0.770. The van der Waals surface area contributed by atoms with Gasteiger partial charge in [0.05, 0.1) is 5.57 Å². The van der Waals surface area contributed by atoms with Crippen LogP contribution in [0, 0.1) is 0 Å². The number of thiol groups is 1. The van der Waals surface area contributed by atoms with Gasteiger partial charge in [0.15, 0.2) is 0 Å². The van der Waals surface area contributed by atoms with Gasteiger partial charge in [-0.15, -0.1) is 0 Å². The van der Waals surface area contributed by atoms with E-state index < -0.39 is 11.9 Å². The molecule has 1 aliphatic heterocycles. The third kappa shape index (κ3) is 1.13. The summed E-state index contributed by atoms with van der Waals surface area (Å²) in [5.74, 6) is -0.913. The van der Waals surface area contributed by atoms with Crippen molar-refractivity contribution >= 4 is 24.6 Å². The van der Waals surface area contributed by atoms with Crippen LogP contribution in [-0.4, -0.2) is 17.7 Å². The molecule has 1 heterocycles. The Bertz CT molecular complexity index is 194. The number of rotatable bonds is 1. The normalized spacial score (nSPS) is 17.7. The van der Waals surface area contributed by atoms with Crippen molar-refractivity contribution in [2.24, 2.45) is 0 Å². The highest BCUT2D eigenvalue weighted by atomic mass is 32.1. The average molecular weight is 144 g/mol. The Kier molecular flexibility index (Phi) is 1.57. The minimum atomic E-state index is -0.593. The largest absolute Gasteiger partial charge is 0.386 e. The second-order valence-electron chi connectivity index (χ2n) is 1.54. The number of carbonyl (C=O) groups is 2. The third-order valence-electron chi connectivity index (χ3n) is 0.918. The second kappa shape index (κ2) is 2.23. The predicted octanol–water partition coefficient (Wildman–Crippen LogP) is -0.0740. The van der Waals surface area contributed by atoms with Crippen molar-refractivity contribution in [3.05, 3.63) is 11.6 Å². The van der Waals surface area contributed by atoms with Crippen LogP contribution in [0.4, 0.5) is 0 Å². The van der Waals surface area contributed by atoms with Crippen LogP contribution >= 0.6 is 12.6 Å². The van der Waals surface area contributed by atoms with Gasteiger partial charge in [0, 0.05) is 11.8 Å². The minimum Gasteiger partial charge on any atom is -0.386 e. The Balaban J connectivity index is 2.80. The third-order valence-corrected chi connectivity index (χ3v) is 1.26. The van der Waals surface area contributed by atoms with Crippen molar-refractivity contribution in [2.45, 2.75) is 0 Å². The van der Waals surface area contributed by atoms with Gasteiger partial charge in [-0.05, 0) is 0 Å². The maximum Gasteiger partial charge on any atom is 0.342 e. The molecule has 3 nitrogen and oxygen atoms in total. The molecule has 0 atom stereocenters. The highest BCUT2D eigenvalue weighted by molar-refractivity contribution is 7.80. The zero-order valence-electron chi connectivity index (χ0n) is 4.46. The molecule has 1 aliphatic rings. The first kappa shape index (κ1) is 6.35. The van der Waals surface area contributed by atoms with Crippen LogP contribution in [0.5, 0.6) is 0 Å². The van der Waals surface area contributed by atoms with Crippen molar-refractivity contribution in [3.63, 3.8) is 0 Å². The first-order chi connectivity index (χ1) is 4.24. The Morgan fingerprint density at radius 1 is 1.56 bits per heavy atom. The van der Waals surface area contributed by atoms with E-state index in [0.717, 1.165) is 6.08 Å². The quantitative estimate of drug-likeness (QED) is 0.318. The summed E-state index contributed by atoms with van der Waals surface area (Å²) in [6, 6.07) is 0. The van der Waals surface area contributed by atoms with E-state index in [-0.39, 0.29) is 5.75 Å². The first-order valence-electron chi connectivity index (χ1n) is 2.31. The van der Waals surface area contributed by atoms with E-state index in [1.165, 1.54) is 0 Å². The minimum absolute atomic E-state index is 0.255. The Morgan fingerprint density at radius 3 is 2.44 bits per heavy atom. The van der Waals surface area contributed by atoms with E-state index in [0.29, 0.717) is 5.57 Å². The molecule has 0 N–H and O–H groups in total. The van der Waals surface area contributed by atoms with E-state index in [2.05, 4.69) is 17.4 Å². The van der Waals surface area contributed by atoms with E-state index in [1.54, 1.807) is 0 Å². The molecule has 0 saturated carbocycles. The summed E-state index contributed by atoms with van der Waals surface area (Å²) < 4.78 is 4.15. The van der Waals surface area contributed by atoms with E-state index >= 15 is 0 Å². The second-order valence-corrected chi connectivity index (χ2v) is 1.85. The SMILES string of the molecule is O=C1C=C(CS)C(=O)O1. The number of cyclic esters (lactones) is 2. The van der Waals surface area contributed by atoms with Crippen molar-refractivity contribution in [1.29, 1.82) is 0 Å². The van der Waals surface area contributed by atoms with Gasteiger partial charge in [0.25, 0.3) is 0 Å². The zero-order valence-corrected chi connectivity index (χ0v) is 5.35. The van der Waals surface area contributed by atoms with Gasteiger partial charge in [-0.3, -0.25) is 0 Å². The Labute approximate surface area is 57.1 Å². The van der Waals surface area contributed by atoms with Crippen LogP contribution < -0.4 is 0 Å². The molecule has 0 saturated heterocycles. The molecule has 0 radical (unpaired) electrons. The van der Waals surface area contributed by atoms with Crippen molar-refractivity contribution in [1.82, 2.24) is 0 Å². The van der Waals surface area contributed by atoms with Crippen molar-refractivity contribution < 1.29 is 14.3 Å². The van der Waals surface area contributed by atoms with Crippen LogP contribution in [0.3, 0.4) is 0 Å². The fourth-order valence-corrected chi connectivity index (χ4v) is 0.718. The van der Waals surface area contributed by atoms with Crippen LogP contribution in [0.2, 0.25) is 0 Å². The fourth-order valence-electron chi connectivity index (χ4n) is 0.498. The summed E-state index contributed by atoms with van der Waals surface area (Å²) in [5, 5.41) is 0. The molecule has 0 fully saturated rings. The molecule has 48 valence electrons. The molecule has 0 bridgehead atoms. The molecular formula is C5H4O3S. The molecule has 0 spiro atoms. The summed E-state index contributed by atoms with van der Waals surface area (Å²) in [5.41, 5.74) is 0.323. The van der Waals surface area contributed by atoms with Gasteiger partial charge >= 0.3 is 11.9 Å². The smallest absolute Gasteiger partial charge is 0.342 e. The van der Waals surface area contributed by atoms with Crippen molar-refractivity contribution in [3.8, 4) is 0 Å². The van der Waals surface area contributed by atoms with Crippen LogP contribution in [0.15, 0.2) is 11.6 Å². The number of ether oxygens (including phenoxy) is 1. The Morgan fingerprint density at radius 2 is 2.22 bits per heavy atom. The zero-order chi connectivity index (χ0) is 6.85. The first-order valence-corrected chi connectivity index (χ1v) is 2.95. The molecule has 0 amide bonds. The monoisotopic (exact) mass is 144 g/mol. The molecule has 0 aliphatic carbocycles. The van der Waals surface area contributed by atoms with Gasteiger partial charge in [-0.1, -0.05) is 0 Å². The number of carbonyl (C=O) groups excluding carboxylic acids is 2. The molecular weight excluding hydrogens is 140 g/mol. The lowest BCUT2D eigenvalue weighted by Crippen LogP contribution is -2.02. The number of hydrogen-bond acceptors (Lipinski definition) is 4. The molecule has 1 rings (SSSR count). The topological polar surface area (TPSA) is 43.4 Å². The molecule has 0 unspecified atom stereocenters. The average Bonchev–Trinajstić information content (AvgIpc) is 2.10. The predicted molar refractivity (Wildman–Crippen MR) is 33.0 cm³/mol. The van der Waals surface area contributed by atoms with Gasteiger partial charge < -0.3 is 4.74 Å². The molecule has 0 aromatic heterocycles. The van der Waals surface area contributed by atoms with Crippen LogP contribution in [-0.2, 0) is 14.3 Å². The lowest BCUT2D eigenvalue weighted by molar-refractivity contribution is -0.150. The standard InChI is InChI=1S/C5H4O3S/c6-4-1-3(2-9)5(7)8-4/h1,9H,2H2. The summed E-state index contributed by atoms with van der Waals surface area (Å²) in [6.07, 6.45) is 1.15. The molecule has 0 aromatic carbocycles. The molecule has 0 aromatic rings. The number of esters is 2. The van der Waals surface area contributed by atoms with E-state index in [1.807, 2.05) is 0 Å². The summed E-state index contributed by atoms with van der Waals surface area (Å²) in [4.78, 5) is 20.7. The van der Waals surface area contributed by atoms with Crippen LogP contribution in [0.1, 0.15) is 0 Å². The molecule has 9 heavy (non-hydrogen) atoms. The molecule has 4 heteroatoms. The van der Waals surface area contributed by atoms with Gasteiger partial charge in [0.2, 0.25) is 0 Å². The number of hydrogen-bond donors (Lipinski definition) is 1. The van der Waals surface area contributed by atoms with E-state index in [9.17, 15) is 9.59 Å². The lowest BCUT2D eigenvalue weighted by atomic mass is 10.3. The summed E-state index contributed by atoms with van der Waals surface area (Å²) in [6.45, 7) is 0. The summed E-state index contributed by atoms with van der Waals surface area (Å²) >= 11 is 3.79. The highest BCUT2D eigenvalue weighted by Crippen LogP contribution is 2.08. The van der Waals surface area contributed by atoms with Crippen LogP contribution in [0.25, 0.3) is 0 Å².